The van der Waals surface area contributed by atoms with Gasteiger partial charge >= 0.3 is 0 Å². The fourth-order valence-corrected chi connectivity index (χ4v) is 3.34. The van der Waals surface area contributed by atoms with E-state index in [2.05, 4.69) is 17.1 Å². The lowest BCUT2D eigenvalue weighted by molar-refractivity contribution is 0.557. The summed E-state index contributed by atoms with van der Waals surface area (Å²) in [5, 5.41) is 7.36. The van der Waals surface area contributed by atoms with Gasteiger partial charge in [-0.25, -0.2) is 8.42 Å². The Kier molecular flexibility index (Phi) is 8.26. The van der Waals surface area contributed by atoms with Gasteiger partial charge in [-0.15, -0.1) is 10.2 Å². The van der Waals surface area contributed by atoms with Gasteiger partial charge in [0.2, 0.25) is 0 Å². The highest BCUT2D eigenvalue weighted by molar-refractivity contribution is 8.13. The van der Waals surface area contributed by atoms with Gasteiger partial charge in [0.15, 0.2) is 0 Å². The van der Waals surface area contributed by atoms with Gasteiger partial charge in [-0.3, -0.25) is 0 Å². The third-order valence-corrected chi connectivity index (χ3v) is 4.85. The van der Waals surface area contributed by atoms with E-state index in [4.69, 9.17) is 10.7 Å². The van der Waals surface area contributed by atoms with Gasteiger partial charge in [-0.05, 0) is 6.42 Å². The molecule has 1 heterocycles. The molecule has 0 radical (unpaired) electrons. The summed E-state index contributed by atoms with van der Waals surface area (Å²) < 4.78 is 23.9. The molecule has 0 saturated carbocycles. The molecule has 0 unspecified atom stereocenters. The van der Waals surface area contributed by atoms with E-state index in [0.717, 1.165) is 19.3 Å². The monoisotopic (exact) mass is 335 g/mol. The SMILES string of the molecule is CCCCCCCCCCCc1nnc(S(=O)(=O)Cl)n1C. The van der Waals surface area contributed by atoms with Crippen LogP contribution in [0.4, 0.5) is 0 Å². The Morgan fingerprint density at radius 1 is 0.952 bits per heavy atom. The van der Waals surface area contributed by atoms with E-state index in [1.807, 2.05) is 0 Å². The summed E-state index contributed by atoms with van der Waals surface area (Å²) >= 11 is 0. The zero-order valence-corrected chi connectivity index (χ0v) is 14.6. The van der Waals surface area contributed by atoms with E-state index >= 15 is 0 Å². The van der Waals surface area contributed by atoms with E-state index in [-0.39, 0.29) is 5.16 Å². The molecule has 1 rings (SSSR count). The van der Waals surface area contributed by atoms with Crippen molar-refractivity contribution in [1.29, 1.82) is 0 Å². The van der Waals surface area contributed by atoms with Crippen LogP contribution in [0.1, 0.15) is 70.5 Å². The first-order chi connectivity index (χ1) is 9.96. The molecule has 0 N–H and O–H groups in total. The topological polar surface area (TPSA) is 64.8 Å². The van der Waals surface area contributed by atoms with Crippen molar-refractivity contribution < 1.29 is 8.42 Å². The molecule has 0 aliphatic heterocycles. The summed E-state index contributed by atoms with van der Waals surface area (Å²) in [4.78, 5) is 0. The lowest BCUT2D eigenvalue weighted by atomic mass is 10.1. The Bertz CT molecular complexity index is 514. The van der Waals surface area contributed by atoms with E-state index < -0.39 is 9.05 Å². The molecule has 1 aromatic rings. The van der Waals surface area contributed by atoms with E-state index in [1.165, 1.54) is 49.5 Å². The predicted molar refractivity (Wildman–Crippen MR) is 85.0 cm³/mol. The molecular formula is C14H26ClN3O2S. The summed E-state index contributed by atoms with van der Waals surface area (Å²) in [5.41, 5.74) is 0. The number of hydrogen-bond donors (Lipinski definition) is 0. The maximum absolute atomic E-state index is 11.2. The molecule has 21 heavy (non-hydrogen) atoms. The van der Waals surface area contributed by atoms with E-state index in [0.29, 0.717) is 5.82 Å². The van der Waals surface area contributed by atoms with Crippen molar-refractivity contribution in [2.75, 3.05) is 0 Å². The second-order valence-corrected chi connectivity index (χ2v) is 7.93. The highest BCUT2D eigenvalue weighted by Gasteiger charge is 2.19. The fraction of sp³-hybridized carbons (Fsp3) is 0.857. The highest BCUT2D eigenvalue weighted by Crippen LogP contribution is 2.15. The van der Waals surface area contributed by atoms with Crippen LogP contribution in [-0.2, 0) is 22.5 Å². The van der Waals surface area contributed by atoms with Gasteiger partial charge in [-0.2, -0.15) is 0 Å². The van der Waals surface area contributed by atoms with Gasteiger partial charge < -0.3 is 4.57 Å². The lowest BCUT2D eigenvalue weighted by Crippen LogP contribution is -2.05. The molecule has 0 aromatic carbocycles. The average molecular weight is 336 g/mol. The van der Waals surface area contributed by atoms with Gasteiger partial charge in [0.1, 0.15) is 5.82 Å². The Morgan fingerprint density at radius 2 is 1.48 bits per heavy atom. The lowest BCUT2D eigenvalue weighted by Gasteiger charge is -2.03. The molecule has 0 spiro atoms. The Balaban J connectivity index is 2.18. The van der Waals surface area contributed by atoms with Crippen LogP contribution < -0.4 is 0 Å². The van der Waals surface area contributed by atoms with Gasteiger partial charge in [0.25, 0.3) is 14.2 Å². The highest BCUT2D eigenvalue weighted by atomic mass is 35.7. The number of halogens is 1. The fourth-order valence-electron chi connectivity index (χ4n) is 2.37. The summed E-state index contributed by atoms with van der Waals surface area (Å²) in [7, 11) is 3.12. The van der Waals surface area contributed by atoms with E-state index in [9.17, 15) is 8.42 Å². The molecule has 0 fully saturated rings. The minimum atomic E-state index is -3.80. The first kappa shape index (κ1) is 18.4. The van der Waals surface area contributed by atoms with Crippen LogP contribution in [0.3, 0.4) is 0 Å². The van der Waals surface area contributed by atoms with Crippen LogP contribution in [0.25, 0.3) is 0 Å². The second kappa shape index (κ2) is 9.41. The Morgan fingerprint density at radius 3 is 1.95 bits per heavy atom. The molecule has 0 aliphatic rings. The van der Waals surface area contributed by atoms with Crippen LogP contribution in [-0.4, -0.2) is 23.2 Å². The maximum Gasteiger partial charge on any atom is 0.296 e. The summed E-state index contributed by atoms with van der Waals surface area (Å²) in [5.74, 6) is 0.678. The first-order valence-electron chi connectivity index (χ1n) is 7.79. The Labute approximate surface area is 132 Å². The normalized spacial score (nSPS) is 12.0. The minimum absolute atomic E-state index is 0.171. The van der Waals surface area contributed by atoms with Crippen molar-refractivity contribution in [2.24, 2.45) is 7.05 Å². The molecule has 0 aliphatic carbocycles. The number of nitrogens with zero attached hydrogens (tertiary/aromatic N) is 3. The van der Waals surface area contributed by atoms with Crippen molar-refractivity contribution >= 4 is 19.7 Å². The number of unbranched alkanes of at least 4 members (excludes halogenated alkanes) is 8. The summed E-state index contributed by atoms with van der Waals surface area (Å²) in [6.07, 6.45) is 12.0. The average Bonchev–Trinajstić information content (AvgIpc) is 2.78. The number of hydrogen-bond acceptors (Lipinski definition) is 4. The van der Waals surface area contributed by atoms with Crippen molar-refractivity contribution in [3.63, 3.8) is 0 Å². The molecule has 7 heteroatoms. The maximum atomic E-state index is 11.2. The van der Waals surface area contributed by atoms with Crippen LogP contribution in [0.2, 0.25) is 0 Å². The van der Waals surface area contributed by atoms with Crippen LogP contribution in [0.15, 0.2) is 5.16 Å². The molecule has 0 saturated heterocycles. The van der Waals surface area contributed by atoms with Crippen molar-refractivity contribution in [3.05, 3.63) is 5.82 Å². The summed E-state index contributed by atoms with van der Waals surface area (Å²) in [6.45, 7) is 2.23. The third kappa shape index (κ3) is 6.78. The molecule has 5 nitrogen and oxygen atoms in total. The Hall–Kier alpha value is -0.620. The standard InChI is InChI=1S/C14H26ClN3O2S/c1-3-4-5-6-7-8-9-10-11-12-13-16-17-14(18(13)2)21(15,19)20/h3-12H2,1-2H3. The van der Waals surface area contributed by atoms with Gasteiger partial charge in [-0.1, -0.05) is 58.3 Å². The van der Waals surface area contributed by atoms with Gasteiger partial charge in [0.05, 0.1) is 0 Å². The quantitative estimate of drug-likeness (QED) is 0.455. The van der Waals surface area contributed by atoms with Crippen molar-refractivity contribution in [1.82, 2.24) is 14.8 Å². The molecule has 0 amide bonds. The molecule has 122 valence electrons. The molecule has 0 bridgehead atoms. The molecular weight excluding hydrogens is 310 g/mol. The van der Waals surface area contributed by atoms with Crippen LogP contribution in [0, 0.1) is 0 Å². The number of aryl methyl sites for hydroxylation is 1. The van der Waals surface area contributed by atoms with Gasteiger partial charge in [0, 0.05) is 24.2 Å². The smallest absolute Gasteiger partial charge is 0.296 e. The van der Waals surface area contributed by atoms with Crippen molar-refractivity contribution in [3.8, 4) is 0 Å². The first-order valence-corrected chi connectivity index (χ1v) is 10.1. The second-order valence-electron chi connectivity index (χ2n) is 5.47. The summed E-state index contributed by atoms with van der Waals surface area (Å²) in [6, 6.07) is 0. The van der Waals surface area contributed by atoms with Crippen molar-refractivity contribution in [2.45, 2.75) is 76.3 Å². The van der Waals surface area contributed by atoms with Crippen LogP contribution in [0.5, 0.6) is 0 Å². The predicted octanol–water partition coefficient (Wildman–Crippen LogP) is 3.82. The molecule has 0 atom stereocenters. The third-order valence-electron chi connectivity index (χ3n) is 3.65. The number of rotatable bonds is 11. The minimum Gasteiger partial charge on any atom is -0.304 e. The number of aromatic nitrogens is 3. The van der Waals surface area contributed by atoms with E-state index in [1.54, 1.807) is 7.05 Å². The zero-order chi connectivity index (χ0) is 15.7. The largest absolute Gasteiger partial charge is 0.304 e. The molecule has 1 aromatic heterocycles. The zero-order valence-electron chi connectivity index (χ0n) is 13.0. The van der Waals surface area contributed by atoms with Crippen LogP contribution >= 0.6 is 10.7 Å².